The molecule has 28 heavy (non-hydrogen) atoms. The molecule has 4 rings (SSSR count). The molecule has 0 unspecified atom stereocenters. The van der Waals surface area contributed by atoms with Crippen molar-refractivity contribution >= 4 is 16.9 Å². The molecule has 1 aliphatic heterocycles. The van der Waals surface area contributed by atoms with Gasteiger partial charge in [-0.3, -0.25) is 14.6 Å². The highest BCUT2D eigenvalue weighted by molar-refractivity contribution is 5.86. The van der Waals surface area contributed by atoms with Crippen molar-refractivity contribution in [2.75, 3.05) is 18.4 Å². The van der Waals surface area contributed by atoms with Crippen molar-refractivity contribution in [3.05, 3.63) is 42.1 Å². The predicted octanol–water partition coefficient (Wildman–Crippen LogP) is 3.13. The van der Waals surface area contributed by atoms with E-state index in [0.29, 0.717) is 6.04 Å². The Kier molecular flexibility index (Phi) is 5.02. The van der Waals surface area contributed by atoms with Gasteiger partial charge in [-0.05, 0) is 31.0 Å². The lowest BCUT2D eigenvalue weighted by molar-refractivity contribution is 0.208. The molecule has 1 fully saturated rings. The van der Waals surface area contributed by atoms with E-state index in [2.05, 4.69) is 47.1 Å². The minimum absolute atomic E-state index is 0.117. The van der Waals surface area contributed by atoms with Crippen LogP contribution in [0, 0.1) is 0 Å². The van der Waals surface area contributed by atoms with Gasteiger partial charge >= 0.3 is 0 Å². The van der Waals surface area contributed by atoms with Crippen LogP contribution in [0.4, 0.5) is 5.82 Å². The highest BCUT2D eigenvalue weighted by atomic mass is 15.3. The van der Waals surface area contributed by atoms with E-state index in [4.69, 9.17) is 9.97 Å². The molecule has 1 atom stereocenters. The van der Waals surface area contributed by atoms with Crippen LogP contribution in [0.5, 0.6) is 0 Å². The van der Waals surface area contributed by atoms with Crippen molar-refractivity contribution in [1.82, 2.24) is 29.6 Å². The molecule has 3 aromatic heterocycles. The van der Waals surface area contributed by atoms with Crippen molar-refractivity contribution in [1.29, 1.82) is 0 Å². The Morgan fingerprint density at radius 3 is 2.82 bits per heavy atom. The number of nitrogens with one attached hydrogen (secondary N) is 1. The number of anilines is 1. The number of nitrogens with zero attached hydrogens (tertiary/aromatic N) is 6. The molecule has 148 valence electrons. The smallest absolute Gasteiger partial charge is 0.163 e. The second-order valence-corrected chi connectivity index (χ2v) is 8.73. The zero-order chi connectivity index (χ0) is 19.7. The Bertz CT molecular complexity index is 943. The Morgan fingerprint density at radius 1 is 1.21 bits per heavy atom. The van der Waals surface area contributed by atoms with Crippen molar-refractivity contribution in [2.24, 2.45) is 7.05 Å². The van der Waals surface area contributed by atoms with Crippen LogP contribution in [0.25, 0.3) is 11.0 Å². The Morgan fingerprint density at radius 2 is 2.07 bits per heavy atom. The van der Waals surface area contributed by atoms with Gasteiger partial charge in [0.2, 0.25) is 0 Å². The Balaban J connectivity index is 1.55. The van der Waals surface area contributed by atoms with E-state index in [1.807, 2.05) is 36.4 Å². The van der Waals surface area contributed by atoms with Gasteiger partial charge in [-0.2, -0.15) is 5.10 Å². The molecule has 3 aromatic rings. The SMILES string of the molecule is Cn1ncc2c(N[C@H]3CCCN(Cc4cccnc4)C3)nc(C(C)(C)C)nc21. The van der Waals surface area contributed by atoms with Crippen LogP contribution >= 0.6 is 0 Å². The van der Waals surface area contributed by atoms with E-state index in [9.17, 15) is 0 Å². The van der Waals surface area contributed by atoms with Crippen LogP contribution in [0.3, 0.4) is 0 Å². The third-order valence-corrected chi connectivity index (χ3v) is 5.24. The molecule has 1 saturated heterocycles. The van der Waals surface area contributed by atoms with Crippen LogP contribution in [-0.4, -0.2) is 48.8 Å². The lowest BCUT2D eigenvalue weighted by atomic mass is 9.95. The number of pyridine rings is 1. The van der Waals surface area contributed by atoms with Crippen LogP contribution in [0.15, 0.2) is 30.7 Å². The summed E-state index contributed by atoms with van der Waals surface area (Å²) in [6.45, 7) is 9.48. The predicted molar refractivity (Wildman–Crippen MR) is 111 cm³/mol. The van der Waals surface area contributed by atoms with E-state index >= 15 is 0 Å². The maximum atomic E-state index is 4.88. The zero-order valence-electron chi connectivity index (χ0n) is 17.2. The number of likely N-dealkylation sites (tertiary alicyclic amines) is 1. The van der Waals surface area contributed by atoms with Gasteiger partial charge in [0.25, 0.3) is 0 Å². The van der Waals surface area contributed by atoms with Crippen LogP contribution < -0.4 is 5.32 Å². The summed E-state index contributed by atoms with van der Waals surface area (Å²) in [6.07, 6.45) is 7.95. The van der Waals surface area contributed by atoms with E-state index in [1.54, 1.807) is 0 Å². The molecule has 0 bridgehead atoms. The molecule has 0 radical (unpaired) electrons. The first kappa shape index (κ1) is 18.8. The number of fused-ring (bicyclic) bond motifs is 1. The molecule has 1 N–H and O–H groups in total. The van der Waals surface area contributed by atoms with Crippen molar-refractivity contribution < 1.29 is 0 Å². The number of aromatic nitrogens is 5. The molecule has 1 aliphatic rings. The molecule has 4 heterocycles. The fourth-order valence-corrected chi connectivity index (χ4v) is 3.73. The number of piperidine rings is 1. The number of aryl methyl sites for hydroxylation is 1. The summed E-state index contributed by atoms with van der Waals surface area (Å²) in [5.74, 6) is 1.74. The lowest BCUT2D eigenvalue weighted by Gasteiger charge is -2.33. The molecule has 0 aliphatic carbocycles. The summed E-state index contributed by atoms with van der Waals surface area (Å²) in [5, 5.41) is 9.09. The Hall–Kier alpha value is -2.54. The van der Waals surface area contributed by atoms with Gasteiger partial charge in [-0.25, -0.2) is 9.97 Å². The summed E-state index contributed by atoms with van der Waals surface area (Å²) >= 11 is 0. The normalized spacial score (nSPS) is 18.5. The second-order valence-electron chi connectivity index (χ2n) is 8.73. The van der Waals surface area contributed by atoms with Gasteiger partial charge < -0.3 is 5.32 Å². The van der Waals surface area contributed by atoms with Gasteiger partial charge in [0.1, 0.15) is 11.6 Å². The highest BCUT2D eigenvalue weighted by Crippen LogP contribution is 2.27. The maximum absolute atomic E-state index is 4.88. The quantitative estimate of drug-likeness (QED) is 0.751. The summed E-state index contributed by atoms with van der Waals surface area (Å²) in [5.41, 5.74) is 2.02. The minimum atomic E-state index is -0.117. The summed E-state index contributed by atoms with van der Waals surface area (Å²) in [6, 6.07) is 4.50. The standard InChI is InChI=1S/C21H29N7/c1-21(2,3)20-25-18(17-12-23-27(4)19(17)26-20)24-16-8-6-10-28(14-16)13-15-7-5-9-22-11-15/h5,7,9,11-12,16H,6,8,10,13-14H2,1-4H3,(H,24,25,26)/t16-/m0/s1. The second kappa shape index (κ2) is 7.47. The molecular formula is C21H29N7. The summed E-state index contributed by atoms with van der Waals surface area (Å²) < 4.78 is 1.83. The summed E-state index contributed by atoms with van der Waals surface area (Å²) in [7, 11) is 1.93. The van der Waals surface area contributed by atoms with E-state index in [1.165, 1.54) is 12.0 Å². The first-order valence-corrected chi connectivity index (χ1v) is 9.98. The molecular weight excluding hydrogens is 350 g/mol. The molecule has 7 heteroatoms. The van der Waals surface area contributed by atoms with E-state index in [0.717, 1.165) is 48.7 Å². The highest BCUT2D eigenvalue weighted by Gasteiger charge is 2.24. The third kappa shape index (κ3) is 3.99. The Labute approximate surface area is 166 Å². The molecule has 0 aromatic carbocycles. The monoisotopic (exact) mass is 379 g/mol. The largest absolute Gasteiger partial charge is 0.365 e. The van der Waals surface area contributed by atoms with Gasteiger partial charge in [0.05, 0.1) is 11.6 Å². The van der Waals surface area contributed by atoms with Crippen LogP contribution in [0.2, 0.25) is 0 Å². The number of rotatable bonds is 4. The van der Waals surface area contributed by atoms with Crippen molar-refractivity contribution in [3.63, 3.8) is 0 Å². The van der Waals surface area contributed by atoms with Gasteiger partial charge in [-0.1, -0.05) is 26.8 Å². The van der Waals surface area contributed by atoms with Gasteiger partial charge in [-0.15, -0.1) is 0 Å². The fraction of sp³-hybridized carbons (Fsp3) is 0.524. The first-order valence-electron chi connectivity index (χ1n) is 9.98. The summed E-state index contributed by atoms with van der Waals surface area (Å²) in [4.78, 5) is 16.4. The van der Waals surface area contributed by atoms with Crippen molar-refractivity contribution in [2.45, 2.75) is 51.6 Å². The van der Waals surface area contributed by atoms with Gasteiger partial charge in [0.15, 0.2) is 5.65 Å². The maximum Gasteiger partial charge on any atom is 0.163 e. The molecule has 0 saturated carbocycles. The third-order valence-electron chi connectivity index (χ3n) is 5.24. The van der Waals surface area contributed by atoms with Crippen LogP contribution in [0.1, 0.15) is 45.0 Å². The lowest BCUT2D eigenvalue weighted by Crippen LogP contribution is -2.41. The topological polar surface area (TPSA) is 71.8 Å². The number of hydrogen-bond donors (Lipinski definition) is 1. The zero-order valence-corrected chi connectivity index (χ0v) is 17.2. The number of hydrogen-bond acceptors (Lipinski definition) is 6. The molecule has 0 spiro atoms. The minimum Gasteiger partial charge on any atom is -0.365 e. The van der Waals surface area contributed by atoms with Gasteiger partial charge in [0, 0.05) is 44.0 Å². The first-order chi connectivity index (χ1) is 13.4. The fourth-order valence-electron chi connectivity index (χ4n) is 3.73. The molecule has 7 nitrogen and oxygen atoms in total. The van der Waals surface area contributed by atoms with E-state index in [-0.39, 0.29) is 5.41 Å². The average Bonchev–Trinajstić information content (AvgIpc) is 3.04. The van der Waals surface area contributed by atoms with E-state index < -0.39 is 0 Å². The molecule has 0 amide bonds. The van der Waals surface area contributed by atoms with Crippen molar-refractivity contribution in [3.8, 4) is 0 Å². The van der Waals surface area contributed by atoms with Crippen LogP contribution in [-0.2, 0) is 19.0 Å². The average molecular weight is 380 g/mol.